The van der Waals surface area contributed by atoms with Crippen LogP contribution in [0.25, 0.3) is 0 Å². The molecule has 0 heterocycles. The number of carbonyl (C=O) groups is 1. The summed E-state index contributed by atoms with van der Waals surface area (Å²) < 4.78 is 49.5. The van der Waals surface area contributed by atoms with Crippen LogP contribution in [0.3, 0.4) is 0 Å². The number of ether oxygens (including phenoxy) is 2. The van der Waals surface area contributed by atoms with Gasteiger partial charge < -0.3 is 14.6 Å². The fourth-order valence-corrected chi connectivity index (χ4v) is 2.81. The highest BCUT2D eigenvalue weighted by Crippen LogP contribution is 2.33. The van der Waals surface area contributed by atoms with Gasteiger partial charge in [0.25, 0.3) is 0 Å². The van der Waals surface area contributed by atoms with Gasteiger partial charge in [0.15, 0.2) is 11.5 Å². The Kier molecular flexibility index (Phi) is 7.06. The lowest BCUT2D eigenvalue weighted by Crippen LogP contribution is -2.04. The second-order valence-electron chi connectivity index (χ2n) is 6.88. The van der Waals surface area contributed by atoms with E-state index in [1.165, 1.54) is 12.1 Å². The largest absolute Gasteiger partial charge is 0.481 e. The average Bonchev–Trinajstić information content (AvgIpc) is 2.74. The van der Waals surface area contributed by atoms with Crippen molar-refractivity contribution in [3.8, 4) is 29.1 Å². The first kappa shape index (κ1) is 22.8. The Balaban J connectivity index is 1.68. The zero-order chi connectivity index (χ0) is 23.1. The lowest BCUT2D eigenvalue weighted by atomic mass is 10.1. The second kappa shape index (κ2) is 9.92. The number of carboxylic acids is 1. The molecule has 3 rings (SSSR count). The number of hydrogen-bond donors (Lipinski definition) is 1. The highest BCUT2D eigenvalue weighted by molar-refractivity contribution is 5.70. The molecule has 1 N–H and O–H groups in total. The van der Waals surface area contributed by atoms with Crippen molar-refractivity contribution in [2.75, 3.05) is 6.61 Å². The van der Waals surface area contributed by atoms with Crippen LogP contribution in [0.1, 0.15) is 22.3 Å². The lowest BCUT2D eigenvalue weighted by molar-refractivity contribution is -0.138. The summed E-state index contributed by atoms with van der Waals surface area (Å²) in [6.07, 6.45) is -4.50. The van der Waals surface area contributed by atoms with Crippen LogP contribution in [0.2, 0.25) is 0 Å². The van der Waals surface area contributed by atoms with Crippen molar-refractivity contribution >= 4 is 5.97 Å². The molecule has 0 atom stereocenters. The summed E-state index contributed by atoms with van der Waals surface area (Å²) in [5, 5.41) is 8.99. The van der Waals surface area contributed by atoms with Gasteiger partial charge in [-0.1, -0.05) is 36.1 Å². The molecule has 0 saturated heterocycles. The summed E-state index contributed by atoms with van der Waals surface area (Å²) in [6, 6.07) is 16.7. The van der Waals surface area contributed by atoms with Gasteiger partial charge in [0.1, 0.15) is 12.4 Å². The van der Waals surface area contributed by atoms with E-state index in [1.54, 1.807) is 42.5 Å². The molecule has 3 aromatic rings. The fourth-order valence-electron chi connectivity index (χ4n) is 2.81. The van der Waals surface area contributed by atoms with E-state index in [4.69, 9.17) is 14.6 Å². The summed E-state index contributed by atoms with van der Waals surface area (Å²) >= 11 is 0. The third-order valence-electron chi connectivity index (χ3n) is 4.42. The van der Waals surface area contributed by atoms with Crippen molar-refractivity contribution in [3.63, 3.8) is 0 Å². The average molecular weight is 440 g/mol. The molecule has 4 nitrogen and oxygen atoms in total. The molecule has 0 saturated carbocycles. The van der Waals surface area contributed by atoms with Crippen LogP contribution >= 0.6 is 0 Å². The summed E-state index contributed by atoms with van der Waals surface area (Å²) in [6.45, 7) is 1.85. The molecule has 0 amide bonds. The zero-order valence-corrected chi connectivity index (χ0v) is 17.1. The minimum absolute atomic E-state index is 0.000564. The smallest absolute Gasteiger partial charge is 0.416 e. The zero-order valence-electron chi connectivity index (χ0n) is 17.1. The third kappa shape index (κ3) is 6.29. The SMILES string of the molecule is Cc1ccc(CC(=O)O)cc1Oc1ccccc1OCC#Cc1ccc(C(F)(F)F)cc1. The first-order chi connectivity index (χ1) is 15.2. The Morgan fingerprint density at radius 3 is 2.31 bits per heavy atom. The van der Waals surface area contributed by atoms with Crippen molar-refractivity contribution < 1.29 is 32.5 Å². The Hall–Kier alpha value is -3.92. The van der Waals surface area contributed by atoms with Gasteiger partial charge >= 0.3 is 12.1 Å². The molecule has 0 radical (unpaired) electrons. The van der Waals surface area contributed by atoms with Gasteiger partial charge in [-0.25, -0.2) is 0 Å². The topological polar surface area (TPSA) is 55.8 Å². The maximum Gasteiger partial charge on any atom is 0.416 e. The molecule has 0 unspecified atom stereocenters. The van der Waals surface area contributed by atoms with E-state index in [0.717, 1.165) is 17.7 Å². The highest BCUT2D eigenvalue weighted by Gasteiger charge is 2.29. The Morgan fingerprint density at radius 2 is 1.66 bits per heavy atom. The van der Waals surface area contributed by atoms with Crippen LogP contribution < -0.4 is 9.47 Å². The van der Waals surface area contributed by atoms with Crippen LogP contribution in [-0.2, 0) is 17.4 Å². The highest BCUT2D eigenvalue weighted by atomic mass is 19.4. The molecular weight excluding hydrogens is 421 g/mol. The number of aliphatic carboxylic acids is 1. The molecule has 0 aliphatic carbocycles. The van der Waals surface area contributed by atoms with E-state index in [-0.39, 0.29) is 13.0 Å². The van der Waals surface area contributed by atoms with Gasteiger partial charge in [-0.2, -0.15) is 13.2 Å². The monoisotopic (exact) mass is 440 g/mol. The van der Waals surface area contributed by atoms with Crippen molar-refractivity contribution in [3.05, 3.63) is 89.0 Å². The van der Waals surface area contributed by atoms with Gasteiger partial charge in [-0.3, -0.25) is 4.79 Å². The van der Waals surface area contributed by atoms with Gasteiger partial charge in [-0.15, -0.1) is 0 Å². The number of para-hydroxylation sites is 2. The van der Waals surface area contributed by atoms with E-state index in [1.807, 2.05) is 6.92 Å². The summed E-state index contributed by atoms with van der Waals surface area (Å²) in [5.41, 5.74) is 1.15. The molecule has 164 valence electrons. The van der Waals surface area contributed by atoms with Crippen molar-refractivity contribution in [2.24, 2.45) is 0 Å². The molecule has 0 spiro atoms. The number of carboxylic acid groups (broad SMARTS) is 1. The number of hydrogen-bond acceptors (Lipinski definition) is 3. The summed E-state index contributed by atoms with van der Waals surface area (Å²) in [4.78, 5) is 11.0. The molecule has 0 aliphatic heterocycles. The van der Waals surface area contributed by atoms with Crippen molar-refractivity contribution in [1.29, 1.82) is 0 Å². The molecule has 0 fully saturated rings. The Labute approximate surface area is 183 Å². The Morgan fingerprint density at radius 1 is 0.969 bits per heavy atom. The van der Waals surface area contributed by atoms with Gasteiger partial charge in [0.2, 0.25) is 0 Å². The predicted octanol–water partition coefficient (Wildman–Crippen LogP) is 5.86. The van der Waals surface area contributed by atoms with Crippen LogP contribution in [0.4, 0.5) is 13.2 Å². The number of rotatable bonds is 6. The Bertz CT molecular complexity index is 1160. The third-order valence-corrected chi connectivity index (χ3v) is 4.42. The van der Waals surface area contributed by atoms with Gasteiger partial charge in [0, 0.05) is 5.56 Å². The summed E-state index contributed by atoms with van der Waals surface area (Å²) in [7, 11) is 0. The number of alkyl halides is 3. The van der Waals surface area contributed by atoms with Crippen LogP contribution in [0.15, 0.2) is 66.7 Å². The van der Waals surface area contributed by atoms with E-state index < -0.39 is 17.7 Å². The number of aryl methyl sites for hydroxylation is 1. The minimum Gasteiger partial charge on any atom is -0.481 e. The lowest BCUT2D eigenvalue weighted by Gasteiger charge is -2.13. The molecule has 0 bridgehead atoms. The molecular formula is C25H19F3O4. The van der Waals surface area contributed by atoms with Gasteiger partial charge in [-0.05, 0) is 60.5 Å². The van der Waals surface area contributed by atoms with Crippen LogP contribution in [-0.4, -0.2) is 17.7 Å². The van der Waals surface area contributed by atoms with Crippen molar-refractivity contribution in [1.82, 2.24) is 0 Å². The number of halogens is 3. The molecule has 0 aromatic heterocycles. The van der Waals surface area contributed by atoms with E-state index in [2.05, 4.69) is 11.8 Å². The predicted molar refractivity (Wildman–Crippen MR) is 113 cm³/mol. The van der Waals surface area contributed by atoms with E-state index >= 15 is 0 Å². The van der Waals surface area contributed by atoms with Crippen LogP contribution in [0, 0.1) is 18.8 Å². The standard InChI is InChI=1S/C25H19F3O4/c1-17-8-9-19(16-24(29)30)15-23(17)32-22-7-3-2-6-21(22)31-14-4-5-18-10-12-20(13-11-18)25(26,27)28/h2-3,6-13,15H,14,16H2,1H3,(H,29,30). The molecule has 32 heavy (non-hydrogen) atoms. The summed E-state index contributed by atoms with van der Waals surface area (Å²) in [5.74, 6) is 5.96. The number of benzene rings is 3. The first-order valence-corrected chi connectivity index (χ1v) is 9.59. The second-order valence-corrected chi connectivity index (χ2v) is 6.88. The van der Waals surface area contributed by atoms with Crippen LogP contribution in [0.5, 0.6) is 17.2 Å². The maximum absolute atomic E-state index is 12.6. The van der Waals surface area contributed by atoms with E-state index in [0.29, 0.717) is 28.4 Å². The molecule has 0 aliphatic rings. The normalized spacial score (nSPS) is 10.8. The van der Waals surface area contributed by atoms with Crippen molar-refractivity contribution in [2.45, 2.75) is 19.5 Å². The van der Waals surface area contributed by atoms with E-state index in [9.17, 15) is 18.0 Å². The van der Waals surface area contributed by atoms with Gasteiger partial charge in [0.05, 0.1) is 12.0 Å². The maximum atomic E-state index is 12.6. The molecule has 7 heteroatoms. The minimum atomic E-state index is -4.38. The first-order valence-electron chi connectivity index (χ1n) is 9.59. The molecule has 3 aromatic carbocycles. The fraction of sp³-hybridized carbons (Fsp3) is 0.160. The quantitative estimate of drug-likeness (QED) is 0.488.